The van der Waals surface area contributed by atoms with Gasteiger partial charge in [-0.25, -0.2) is 13.1 Å². The summed E-state index contributed by atoms with van der Waals surface area (Å²) in [6.07, 6.45) is 1.60. The Balaban J connectivity index is 2.13. The Morgan fingerprint density at radius 3 is 2.44 bits per heavy atom. The first-order valence-electron chi connectivity index (χ1n) is 5.78. The van der Waals surface area contributed by atoms with Crippen LogP contribution in [0.2, 0.25) is 0 Å². The zero-order valence-electron chi connectivity index (χ0n) is 9.74. The van der Waals surface area contributed by atoms with Crippen LogP contribution in [0.5, 0.6) is 0 Å². The van der Waals surface area contributed by atoms with Crippen molar-refractivity contribution in [3.63, 3.8) is 0 Å². The molecule has 1 atom stereocenters. The van der Waals surface area contributed by atoms with Crippen molar-refractivity contribution < 1.29 is 18.3 Å². The molecule has 1 aliphatic carbocycles. The maximum atomic E-state index is 12.1. The molecule has 5 nitrogen and oxygen atoms in total. The Kier molecular flexibility index (Phi) is 3.68. The molecule has 0 spiro atoms. The lowest BCUT2D eigenvalue weighted by Crippen LogP contribution is -2.38. The summed E-state index contributed by atoms with van der Waals surface area (Å²) in [7, 11) is -3.62. The van der Waals surface area contributed by atoms with Gasteiger partial charge in [0.2, 0.25) is 10.0 Å². The molecule has 18 heavy (non-hydrogen) atoms. The van der Waals surface area contributed by atoms with E-state index in [-0.39, 0.29) is 17.2 Å². The van der Waals surface area contributed by atoms with E-state index >= 15 is 0 Å². The first kappa shape index (κ1) is 13.0. The Morgan fingerprint density at radius 2 is 1.94 bits per heavy atom. The fourth-order valence-electron chi connectivity index (χ4n) is 1.86. The number of carboxylic acids is 1. The summed E-state index contributed by atoms with van der Waals surface area (Å²) >= 11 is 0. The Morgan fingerprint density at radius 1 is 1.33 bits per heavy atom. The lowest BCUT2D eigenvalue weighted by molar-refractivity contribution is -0.137. The molecule has 2 N–H and O–H groups in total. The minimum absolute atomic E-state index is 0.152. The van der Waals surface area contributed by atoms with Crippen LogP contribution in [0.1, 0.15) is 19.3 Å². The molecule has 98 valence electrons. The Bertz CT molecular complexity index is 522. The third kappa shape index (κ3) is 3.30. The molecule has 1 aliphatic rings. The normalized spacial score (nSPS) is 17.3. The fourth-order valence-corrected chi connectivity index (χ4v) is 3.18. The van der Waals surface area contributed by atoms with Gasteiger partial charge in [-0.1, -0.05) is 18.2 Å². The van der Waals surface area contributed by atoms with Crippen LogP contribution in [0.15, 0.2) is 35.2 Å². The molecule has 0 aromatic heterocycles. The number of hydrogen-bond donors (Lipinski definition) is 2. The highest BCUT2D eigenvalue weighted by Gasteiger charge is 2.35. The quantitative estimate of drug-likeness (QED) is 0.813. The highest BCUT2D eigenvalue weighted by atomic mass is 32.2. The van der Waals surface area contributed by atoms with Crippen LogP contribution in [0.3, 0.4) is 0 Å². The van der Waals surface area contributed by atoms with Gasteiger partial charge in [0.1, 0.15) is 0 Å². The van der Waals surface area contributed by atoms with Crippen LogP contribution in [0.4, 0.5) is 0 Å². The average Bonchev–Trinajstić information content (AvgIpc) is 3.12. The van der Waals surface area contributed by atoms with Gasteiger partial charge < -0.3 is 5.11 Å². The molecule has 0 saturated heterocycles. The van der Waals surface area contributed by atoms with Gasteiger partial charge >= 0.3 is 5.97 Å². The zero-order valence-corrected chi connectivity index (χ0v) is 10.6. The fraction of sp³-hybridized carbons (Fsp3) is 0.417. The van der Waals surface area contributed by atoms with Gasteiger partial charge in [-0.05, 0) is 30.9 Å². The van der Waals surface area contributed by atoms with Crippen LogP contribution in [0.25, 0.3) is 0 Å². The van der Waals surface area contributed by atoms with E-state index in [0.717, 1.165) is 12.8 Å². The van der Waals surface area contributed by atoms with E-state index < -0.39 is 22.0 Å². The molecule has 0 heterocycles. The van der Waals surface area contributed by atoms with Crippen molar-refractivity contribution in [1.82, 2.24) is 4.72 Å². The molecule has 0 amide bonds. The number of nitrogens with one attached hydrogen (secondary N) is 1. The largest absolute Gasteiger partial charge is 0.481 e. The van der Waals surface area contributed by atoms with Crippen molar-refractivity contribution in [3.8, 4) is 0 Å². The molecule has 1 fully saturated rings. The third-order valence-electron chi connectivity index (χ3n) is 2.95. The SMILES string of the molecule is O=C(O)CC(NS(=O)(=O)c1ccccc1)C1CC1. The second kappa shape index (κ2) is 5.07. The van der Waals surface area contributed by atoms with Crippen molar-refractivity contribution in [1.29, 1.82) is 0 Å². The van der Waals surface area contributed by atoms with Gasteiger partial charge in [0.15, 0.2) is 0 Å². The highest BCUT2D eigenvalue weighted by Crippen LogP contribution is 2.34. The molecule has 0 aliphatic heterocycles. The van der Waals surface area contributed by atoms with Gasteiger partial charge in [0, 0.05) is 6.04 Å². The first-order chi connectivity index (χ1) is 8.49. The molecule has 0 radical (unpaired) electrons. The molecular weight excluding hydrogens is 254 g/mol. The Hall–Kier alpha value is -1.40. The van der Waals surface area contributed by atoms with Crippen molar-refractivity contribution in [2.45, 2.75) is 30.2 Å². The smallest absolute Gasteiger partial charge is 0.304 e. The predicted molar refractivity (Wildman–Crippen MR) is 65.5 cm³/mol. The lowest BCUT2D eigenvalue weighted by Gasteiger charge is -2.16. The van der Waals surface area contributed by atoms with E-state index in [4.69, 9.17) is 5.11 Å². The summed E-state index contributed by atoms with van der Waals surface area (Å²) in [6, 6.07) is 7.48. The second-order valence-electron chi connectivity index (χ2n) is 4.48. The lowest BCUT2D eigenvalue weighted by atomic mass is 10.1. The summed E-state index contributed by atoms with van der Waals surface area (Å²) in [5, 5.41) is 8.79. The van der Waals surface area contributed by atoms with Gasteiger partial charge in [0.25, 0.3) is 0 Å². The van der Waals surface area contributed by atoms with Gasteiger partial charge in [0.05, 0.1) is 11.3 Å². The summed E-state index contributed by atoms with van der Waals surface area (Å²) in [6.45, 7) is 0. The summed E-state index contributed by atoms with van der Waals surface area (Å²) in [5.74, 6) is -0.831. The minimum Gasteiger partial charge on any atom is -0.481 e. The zero-order chi connectivity index (χ0) is 13.2. The number of aliphatic carboxylic acids is 1. The van der Waals surface area contributed by atoms with Crippen LogP contribution >= 0.6 is 0 Å². The van der Waals surface area contributed by atoms with Gasteiger partial charge in [-0.2, -0.15) is 0 Å². The highest BCUT2D eigenvalue weighted by molar-refractivity contribution is 7.89. The van der Waals surface area contributed by atoms with E-state index in [9.17, 15) is 13.2 Å². The van der Waals surface area contributed by atoms with Crippen LogP contribution < -0.4 is 4.72 Å². The van der Waals surface area contributed by atoms with Crippen molar-refractivity contribution in [2.75, 3.05) is 0 Å². The molecule has 2 rings (SSSR count). The maximum Gasteiger partial charge on any atom is 0.304 e. The average molecular weight is 269 g/mol. The Labute approximate surface area is 106 Å². The molecule has 6 heteroatoms. The summed E-state index contributed by atoms with van der Waals surface area (Å²) in [5.41, 5.74) is 0. The monoisotopic (exact) mass is 269 g/mol. The summed E-state index contributed by atoms with van der Waals surface area (Å²) < 4.78 is 26.6. The van der Waals surface area contributed by atoms with E-state index in [0.29, 0.717) is 0 Å². The molecular formula is C12H15NO4S. The molecule has 1 aromatic rings. The predicted octanol–water partition coefficient (Wildman–Crippen LogP) is 1.22. The number of rotatable bonds is 6. The molecule has 1 aromatic carbocycles. The first-order valence-corrected chi connectivity index (χ1v) is 7.26. The van der Waals surface area contributed by atoms with Crippen molar-refractivity contribution in [2.24, 2.45) is 5.92 Å². The maximum absolute atomic E-state index is 12.1. The van der Waals surface area contributed by atoms with E-state index in [1.165, 1.54) is 12.1 Å². The summed E-state index contributed by atoms with van der Waals surface area (Å²) in [4.78, 5) is 10.9. The number of carbonyl (C=O) groups is 1. The number of sulfonamides is 1. The van der Waals surface area contributed by atoms with E-state index in [2.05, 4.69) is 4.72 Å². The third-order valence-corrected chi connectivity index (χ3v) is 4.45. The molecule has 1 unspecified atom stereocenters. The number of benzene rings is 1. The van der Waals surface area contributed by atoms with Gasteiger partial charge in [-0.3, -0.25) is 4.79 Å². The van der Waals surface area contributed by atoms with E-state index in [1.807, 2.05) is 0 Å². The second-order valence-corrected chi connectivity index (χ2v) is 6.19. The van der Waals surface area contributed by atoms with Crippen molar-refractivity contribution in [3.05, 3.63) is 30.3 Å². The van der Waals surface area contributed by atoms with Crippen LogP contribution in [-0.2, 0) is 14.8 Å². The van der Waals surface area contributed by atoms with Crippen LogP contribution in [0, 0.1) is 5.92 Å². The van der Waals surface area contributed by atoms with E-state index in [1.54, 1.807) is 18.2 Å². The van der Waals surface area contributed by atoms with Gasteiger partial charge in [-0.15, -0.1) is 0 Å². The minimum atomic E-state index is -3.62. The topological polar surface area (TPSA) is 83.5 Å². The number of carboxylic acid groups (broad SMARTS) is 1. The van der Waals surface area contributed by atoms with Crippen LogP contribution in [-0.4, -0.2) is 25.5 Å². The number of hydrogen-bond acceptors (Lipinski definition) is 3. The standard InChI is InChI=1S/C12H15NO4S/c14-12(15)8-11(9-6-7-9)13-18(16,17)10-4-2-1-3-5-10/h1-5,9,11,13H,6-8H2,(H,14,15). The molecule has 0 bridgehead atoms. The van der Waals surface area contributed by atoms with Crippen molar-refractivity contribution >= 4 is 16.0 Å². The molecule has 1 saturated carbocycles.